The number of hydrogen-bond acceptors (Lipinski definition) is 5. The zero-order valence-corrected chi connectivity index (χ0v) is 17.9. The number of carbonyl (C=O) groups excluding carboxylic acids is 2. The molecule has 1 aromatic heterocycles. The Hall–Kier alpha value is -3.06. The van der Waals surface area contributed by atoms with Crippen LogP contribution >= 0.6 is 11.8 Å². The zero-order valence-electron chi connectivity index (χ0n) is 17.1. The van der Waals surface area contributed by atoms with E-state index in [-0.39, 0.29) is 17.6 Å². The molecule has 0 saturated heterocycles. The maximum absolute atomic E-state index is 13.0. The molecule has 1 heterocycles. The second kappa shape index (κ2) is 10.6. The van der Waals surface area contributed by atoms with Gasteiger partial charge in [-0.2, -0.15) is 0 Å². The average molecular weight is 424 g/mol. The van der Waals surface area contributed by atoms with Gasteiger partial charge in [0, 0.05) is 18.3 Å². The molecular formula is C23H25N3O3S. The van der Waals surface area contributed by atoms with Gasteiger partial charge in [-0.25, -0.2) is 0 Å². The van der Waals surface area contributed by atoms with E-state index in [2.05, 4.69) is 22.6 Å². The number of aryl methyl sites for hydroxylation is 1. The third-order valence-electron chi connectivity index (χ3n) is 4.54. The average Bonchev–Trinajstić information content (AvgIpc) is 3.18. The number of amides is 2. The SMILES string of the molecule is Cc1cc(NC(=O)C(C)SCC(=O)N(CCc2ccccc2)c2ccccc2)no1. The molecule has 7 heteroatoms. The van der Waals surface area contributed by atoms with Crippen molar-refractivity contribution in [3.05, 3.63) is 78.1 Å². The summed E-state index contributed by atoms with van der Waals surface area (Å²) in [6, 6.07) is 21.4. The maximum atomic E-state index is 13.0. The fraction of sp³-hybridized carbons (Fsp3) is 0.261. The summed E-state index contributed by atoms with van der Waals surface area (Å²) in [6.45, 7) is 4.11. The van der Waals surface area contributed by atoms with Crippen molar-refractivity contribution in [1.29, 1.82) is 0 Å². The number of para-hydroxylation sites is 1. The van der Waals surface area contributed by atoms with E-state index in [0.29, 0.717) is 18.1 Å². The Kier molecular flexibility index (Phi) is 7.68. The van der Waals surface area contributed by atoms with Crippen molar-refractivity contribution in [3.8, 4) is 0 Å². The normalized spacial score (nSPS) is 11.7. The number of aromatic nitrogens is 1. The van der Waals surface area contributed by atoms with Crippen molar-refractivity contribution < 1.29 is 14.1 Å². The second-order valence-corrected chi connectivity index (χ2v) is 8.21. The Bertz CT molecular complexity index is 960. The minimum absolute atomic E-state index is 0.0286. The van der Waals surface area contributed by atoms with Crippen LogP contribution in [0, 0.1) is 6.92 Å². The summed E-state index contributed by atoms with van der Waals surface area (Å²) in [5.74, 6) is 0.967. The van der Waals surface area contributed by atoms with Crippen LogP contribution in [0.2, 0.25) is 0 Å². The third-order valence-corrected chi connectivity index (χ3v) is 5.67. The Morgan fingerprint density at radius 3 is 2.40 bits per heavy atom. The number of benzene rings is 2. The van der Waals surface area contributed by atoms with Crippen LogP contribution < -0.4 is 10.2 Å². The lowest BCUT2D eigenvalue weighted by atomic mass is 10.1. The quantitative estimate of drug-likeness (QED) is 0.555. The van der Waals surface area contributed by atoms with Crippen molar-refractivity contribution in [1.82, 2.24) is 5.16 Å². The summed E-state index contributed by atoms with van der Waals surface area (Å²) in [7, 11) is 0. The zero-order chi connectivity index (χ0) is 21.3. The highest BCUT2D eigenvalue weighted by Crippen LogP contribution is 2.19. The lowest BCUT2D eigenvalue weighted by molar-refractivity contribution is -0.116. The van der Waals surface area contributed by atoms with Crippen LogP contribution in [-0.2, 0) is 16.0 Å². The molecule has 2 aromatic carbocycles. The molecule has 0 spiro atoms. The molecule has 3 rings (SSSR count). The molecule has 0 bridgehead atoms. The van der Waals surface area contributed by atoms with Gasteiger partial charge in [-0.1, -0.05) is 53.7 Å². The van der Waals surface area contributed by atoms with Crippen molar-refractivity contribution in [2.75, 3.05) is 22.5 Å². The van der Waals surface area contributed by atoms with Crippen LogP contribution in [0.5, 0.6) is 0 Å². The summed E-state index contributed by atoms with van der Waals surface area (Å²) in [5.41, 5.74) is 2.03. The van der Waals surface area contributed by atoms with Gasteiger partial charge in [0.15, 0.2) is 5.82 Å². The van der Waals surface area contributed by atoms with Crippen LogP contribution in [0.3, 0.4) is 0 Å². The van der Waals surface area contributed by atoms with Crippen LogP contribution in [-0.4, -0.2) is 34.5 Å². The number of nitrogens with one attached hydrogen (secondary N) is 1. The first-order valence-electron chi connectivity index (χ1n) is 9.78. The first-order valence-corrected chi connectivity index (χ1v) is 10.8. The van der Waals surface area contributed by atoms with E-state index in [4.69, 9.17) is 4.52 Å². The number of anilines is 2. The first kappa shape index (κ1) is 21.6. The number of carbonyl (C=O) groups is 2. The lowest BCUT2D eigenvalue weighted by Gasteiger charge is -2.23. The highest BCUT2D eigenvalue weighted by molar-refractivity contribution is 8.01. The predicted octanol–water partition coefficient (Wildman–Crippen LogP) is 4.32. The molecule has 6 nitrogen and oxygen atoms in total. The van der Waals surface area contributed by atoms with Gasteiger partial charge in [-0.05, 0) is 38.0 Å². The van der Waals surface area contributed by atoms with Gasteiger partial charge in [0.05, 0.1) is 11.0 Å². The van der Waals surface area contributed by atoms with E-state index in [0.717, 1.165) is 12.1 Å². The van der Waals surface area contributed by atoms with Gasteiger partial charge in [0.2, 0.25) is 11.8 Å². The molecule has 1 N–H and O–H groups in total. The van der Waals surface area contributed by atoms with Crippen LogP contribution in [0.25, 0.3) is 0 Å². The van der Waals surface area contributed by atoms with Crippen LogP contribution in [0.15, 0.2) is 71.3 Å². The van der Waals surface area contributed by atoms with Crippen molar-refractivity contribution in [2.45, 2.75) is 25.5 Å². The van der Waals surface area contributed by atoms with Gasteiger partial charge in [-0.15, -0.1) is 11.8 Å². The van der Waals surface area contributed by atoms with E-state index >= 15 is 0 Å². The molecule has 156 valence electrons. The van der Waals surface area contributed by atoms with Crippen LogP contribution in [0.1, 0.15) is 18.2 Å². The van der Waals surface area contributed by atoms with Gasteiger partial charge in [-0.3, -0.25) is 9.59 Å². The third kappa shape index (κ3) is 6.22. The lowest BCUT2D eigenvalue weighted by Crippen LogP contribution is -2.35. The van der Waals surface area contributed by atoms with Gasteiger partial charge in [0.1, 0.15) is 5.76 Å². The molecule has 0 aliphatic rings. The molecule has 0 aliphatic heterocycles. The number of thioether (sulfide) groups is 1. The Balaban J connectivity index is 1.59. The van der Waals surface area contributed by atoms with Gasteiger partial charge >= 0.3 is 0 Å². The molecule has 2 amide bonds. The minimum Gasteiger partial charge on any atom is -0.360 e. The molecule has 0 saturated carbocycles. The molecular weight excluding hydrogens is 398 g/mol. The number of hydrogen-bond donors (Lipinski definition) is 1. The van der Waals surface area contributed by atoms with Crippen molar-refractivity contribution >= 4 is 35.1 Å². The maximum Gasteiger partial charge on any atom is 0.238 e. The Labute approximate surface area is 180 Å². The fourth-order valence-corrected chi connectivity index (χ4v) is 3.65. The summed E-state index contributed by atoms with van der Waals surface area (Å²) in [4.78, 5) is 27.1. The highest BCUT2D eigenvalue weighted by Gasteiger charge is 2.20. The molecule has 0 fully saturated rings. The number of nitrogens with zero attached hydrogens (tertiary/aromatic N) is 2. The minimum atomic E-state index is -0.405. The topological polar surface area (TPSA) is 75.4 Å². The molecule has 30 heavy (non-hydrogen) atoms. The second-order valence-electron chi connectivity index (χ2n) is 6.88. The van der Waals surface area contributed by atoms with E-state index in [1.807, 2.05) is 48.5 Å². The Morgan fingerprint density at radius 2 is 1.77 bits per heavy atom. The smallest absolute Gasteiger partial charge is 0.238 e. The standard InChI is InChI=1S/C23H25N3O3S/c1-17-15-21(25-29-17)24-23(28)18(2)30-16-22(27)26(20-11-7-4-8-12-20)14-13-19-9-5-3-6-10-19/h3-12,15,18H,13-14,16H2,1-2H3,(H,24,25,28). The molecule has 1 atom stereocenters. The van der Waals surface area contributed by atoms with E-state index in [1.54, 1.807) is 24.8 Å². The van der Waals surface area contributed by atoms with Crippen molar-refractivity contribution in [3.63, 3.8) is 0 Å². The van der Waals surface area contributed by atoms with E-state index in [1.165, 1.54) is 17.3 Å². The van der Waals surface area contributed by atoms with E-state index < -0.39 is 5.25 Å². The van der Waals surface area contributed by atoms with Gasteiger partial charge < -0.3 is 14.7 Å². The summed E-state index contributed by atoms with van der Waals surface area (Å²) >= 11 is 1.30. The van der Waals surface area contributed by atoms with Gasteiger partial charge in [0.25, 0.3) is 0 Å². The van der Waals surface area contributed by atoms with E-state index in [9.17, 15) is 9.59 Å². The monoisotopic (exact) mass is 423 g/mol. The van der Waals surface area contributed by atoms with Crippen molar-refractivity contribution in [2.24, 2.45) is 0 Å². The Morgan fingerprint density at radius 1 is 1.10 bits per heavy atom. The highest BCUT2D eigenvalue weighted by atomic mass is 32.2. The predicted molar refractivity (Wildman–Crippen MR) is 121 cm³/mol. The number of rotatable bonds is 9. The molecule has 3 aromatic rings. The first-order chi connectivity index (χ1) is 14.5. The summed E-state index contributed by atoms with van der Waals surface area (Å²) in [5, 5.41) is 6.06. The molecule has 0 aliphatic carbocycles. The molecule has 0 radical (unpaired) electrons. The van der Waals surface area contributed by atoms with Crippen LogP contribution in [0.4, 0.5) is 11.5 Å². The molecule has 1 unspecified atom stereocenters. The largest absolute Gasteiger partial charge is 0.360 e. The summed E-state index contributed by atoms with van der Waals surface area (Å²) in [6.07, 6.45) is 0.758. The summed E-state index contributed by atoms with van der Waals surface area (Å²) < 4.78 is 4.95. The fourth-order valence-electron chi connectivity index (χ4n) is 2.89.